The molecule has 0 radical (unpaired) electrons. The first-order valence-electron chi connectivity index (χ1n) is 4.35. The van der Waals surface area contributed by atoms with Crippen molar-refractivity contribution >= 4 is 18.1 Å². The van der Waals surface area contributed by atoms with E-state index in [-0.39, 0.29) is 24.1 Å². The van der Waals surface area contributed by atoms with Crippen molar-refractivity contribution in [2.75, 3.05) is 6.61 Å². The zero-order valence-corrected chi connectivity index (χ0v) is 8.70. The van der Waals surface area contributed by atoms with Crippen LogP contribution in [0.25, 0.3) is 0 Å². The summed E-state index contributed by atoms with van der Waals surface area (Å²) in [4.78, 5) is 10.1. The number of fused-ring (bicyclic) bond motifs is 1. The lowest BCUT2D eigenvalue weighted by molar-refractivity contribution is -0.385. The van der Waals surface area contributed by atoms with Crippen LogP contribution in [-0.4, -0.2) is 11.5 Å². The summed E-state index contributed by atoms with van der Waals surface area (Å²) in [5, 5.41) is 10.5. The maximum Gasteiger partial charge on any atom is 0.270 e. The fourth-order valence-electron chi connectivity index (χ4n) is 1.52. The van der Waals surface area contributed by atoms with Crippen molar-refractivity contribution in [3.63, 3.8) is 0 Å². The predicted molar refractivity (Wildman–Crippen MR) is 57.4 cm³/mol. The van der Waals surface area contributed by atoms with Crippen LogP contribution in [0, 0.1) is 10.1 Å². The minimum Gasteiger partial charge on any atom is -0.493 e. The molecule has 1 atom stereocenters. The fourth-order valence-corrected chi connectivity index (χ4v) is 1.52. The molecule has 1 aliphatic rings. The van der Waals surface area contributed by atoms with Crippen LogP contribution in [0.4, 0.5) is 5.69 Å². The predicted octanol–water partition coefficient (Wildman–Crippen LogP) is 1.80. The molecular formula is C9H11ClN2O3. The van der Waals surface area contributed by atoms with Crippen LogP contribution in [0.15, 0.2) is 18.2 Å². The average Bonchev–Trinajstić information content (AvgIpc) is 2.18. The molecule has 2 N–H and O–H groups in total. The topological polar surface area (TPSA) is 78.4 Å². The highest BCUT2D eigenvalue weighted by Crippen LogP contribution is 2.33. The van der Waals surface area contributed by atoms with Gasteiger partial charge < -0.3 is 10.5 Å². The van der Waals surface area contributed by atoms with Gasteiger partial charge in [0.15, 0.2) is 0 Å². The molecule has 0 saturated carbocycles. The van der Waals surface area contributed by atoms with E-state index in [9.17, 15) is 10.1 Å². The molecule has 2 rings (SSSR count). The van der Waals surface area contributed by atoms with Gasteiger partial charge in [0, 0.05) is 30.2 Å². The smallest absolute Gasteiger partial charge is 0.270 e. The zero-order valence-electron chi connectivity index (χ0n) is 7.88. The van der Waals surface area contributed by atoms with E-state index in [1.807, 2.05) is 0 Å². The van der Waals surface area contributed by atoms with E-state index in [4.69, 9.17) is 10.5 Å². The largest absolute Gasteiger partial charge is 0.493 e. The highest BCUT2D eigenvalue weighted by Gasteiger charge is 2.20. The summed E-state index contributed by atoms with van der Waals surface area (Å²) in [6.07, 6.45) is 0.703. The van der Waals surface area contributed by atoms with Gasteiger partial charge in [0.25, 0.3) is 5.69 Å². The van der Waals surface area contributed by atoms with E-state index in [0.29, 0.717) is 18.8 Å². The molecule has 6 heteroatoms. The molecule has 1 heterocycles. The van der Waals surface area contributed by atoms with E-state index in [1.165, 1.54) is 12.1 Å². The van der Waals surface area contributed by atoms with Crippen molar-refractivity contribution in [2.24, 2.45) is 5.73 Å². The Hall–Kier alpha value is -1.33. The standard InChI is InChI=1S/C9H10N2O3.ClH/c10-8-3-4-14-9-2-1-6(11(12)13)5-7(8)9;/h1-2,5,8H,3-4,10H2;1H/t8-;/m0./s1. The number of nitrogens with zero attached hydrogens (tertiary/aromatic N) is 1. The fraction of sp³-hybridized carbons (Fsp3) is 0.333. The molecule has 5 nitrogen and oxygen atoms in total. The average molecular weight is 231 g/mol. The maximum absolute atomic E-state index is 10.5. The van der Waals surface area contributed by atoms with Gasteiger partial charge in [-0.15, -0.1) is 12.4 Å². The molecule has 1 aliphatic heterocycles. The quantitative estimate of drug-likeness (QED) is 0.589. The Bertz CT molecular complexity index is 384. The molecule has 0 bridgehead atoms. The number of halogens is 1. The van der Waals surface area contributed by atoms with Crippen LogP contribution in [0.3, 0.4) is 0 Å². The second kappa shape index (κ2) is 4.46. The lowest BCUT2D eigenvalue weighted by Gasteiger charge is -2.22. The number of non-ortho nitro benzene ring substituents is 1. The van der Waals surface area contributed by atoms with Crippen LogP contribution < -0.4 is 10.5 Å². The number of nitro groups is 1. The van der Waals surface area contributed by atoms with Crippen molar-refractivity contribution in [1.29, 1.82) is 0 Å². The van der Waals surface area contributed by atoms with E-state index < -0.39 is 4.92 Å². The zero-order chi connectivity index (χ0) is 10.1. The van der Waals surface area contributed by atoms with Crippen LogP contribution in [-0.2, 0) is 0 Å². The second-order valence-electron chi connectivity index (χ2n) is 3.22. The highest BCUT2D eigenvalue weighted by molar-refractivity contribution is 5.85. The first kappa shape index (κ1) is 11.7. The molecule has 1 aromatic carbocycles. The minimum absolute atomic E-state index is 0. The van der Waals surface area contributed by atoms with Gasteiger partial charge in [-0.1, -0.05) is 0 Å². The van der Waals surface area contributed by atoms with Gasteiger partial charge >= 0.3 is 0 Å². The Morgan fingerprint density at radius 2 is 2.27 bits per heavy atom. The summed E-state index contributed by atoms with van der Waals surface area (Å²) in [5.41, 5.74) is 6.60. The van der Waals surface area contributed by atoms with Crippen molar-refractivity contribution in [3.8, 4) is 5.75 Å². The lowest BCUT2D eigenvalue weighted by Crippen LogP contribution is -2.20. The summed E-state index contributed by atoms with van der Waals surface area (Å²) in [5.74, 6) is 0.661. The molecule has 82 valence electrons. The Kier molecular flexibility index (Phi) is 3.49. The number of hydrogen-bond donors (Lipinski definition) is 1. The first-order valence-corrected chi connectivity index (χ1v) is 4.35. The Balaban J connectivity index is 0.00000112. The number of nitro benzene ring substituents is 1. The van der Waals surface area contributed by atoms with Gasteiger partial charge in [-0.2, -0.15) is 0 Å². The highest BCUT2D eigenvalue weighted by atomic mass is 35.5. The molecule has 0 amide bonds. The first-order chi connectivity index (χ1) is 6.68. The minimum atomic E-state index is -0.429. The molecule has 0 unspecified atom stereocenters. The van der Waals surface area contributed by atoms with Crippen LogP contribution in [0.1, 0.15) is 18.0 Å². The summed E-state index contributed by atoms with van der Waals surface area (Å²) < 4.78 is 5.33. The Morgan fingerprint density at radius 3 is 2.93 bits per heavy atom. The van der Waals surface area contributed by atoms with Crippen molar-refractivity contribution in [3.05, 3.63) is 33.9 Å². The van der Waals surface area contributed by atoms with Gasteiger partial charge in [-0.25, -0.2) is 0 Å². The molecule has 0 aliphatic carbocycles. The SMILES string of the molecule is Cl.N[C@H]1CCOc2ccc([N+](=O)[O-])cc21. The second-order valence-corrected chi connectivity index (χ2v) is 3.22. The van der Waals surface area contributed by atoms with Crippen LogP contribution in [0.5, 0.6) is 5.75 Å². The van der Waals surface area contributed by atoms with Crippen molar-refractivity contribution < 1.29 is 9.66 Å². The molecule has 0 saturated heterocycles. The third kappa shape index (κ3) is 2.19. The van der Waals surface area contributed by atoms with E-state index >= 15 is 0 Å². The maximum atomic E-state index is 10.5. The van der Waals surface area contributed by atoms with Crippen molar-refractivity contribution in [2.45, 2.75) is 12.5 Å². The van der Waals surface area contributed by atoms with Gasteiger partial charge in [-0.05, 0) is 6.07 Å². The van der Waals surface area contributed by atoms with Crippen molar-refractivity contribution in [1.82, 2.24) is 0 Å². The number of nitrogens with two attached hydrogens (primary N) is 1. The van der Waals surface area contributed by atoms with E-state index in [1.54, 1.807) is 6.07 Å². The van der Waals surface area contributed by atoms with Gasteiger partial charge in [0.05, 0.1) is 11.5 Å². The van der Waals surface area contributed by atoms with E-state index in [0.717, 1.165) is 5.56 Å². The number of benzene rings is 1. The molecule has 0 aromatic heterocycles. The molecule has 0 spiro atoms. The van der Waals surface area contributed by atoms with Crippen LogP contribution in [0.2, 0.25) is 0 Å². The number of rotatable bonds is 1. The third-order valence-corrected chi connectivity index (χ3v) is 2.29. The normalized spacial score (nSPS) is 18.3. The van der Waals surface area contributed by atoms with Gasteiger partial charge in [-0.3, -0.25) is 10.1 Å². The Labute approximate surface area is 92.8 Å². The van der Waals surface area contributed by atoms with Crippen LogP contribution >= 0.6 is 12.4 Å². The third-order valence-electron chi connectivity index (χ3n) is 2.29. The number of ether oxygens (including phenoxy) is 1. The Morgan fingerprint density at radius 1 is 1.53 bits per heavy atom. The van der Waals surface area contributed by atoms with Gasteiger partial charge in [0.2, 0.25) is 0 Å². The van der Waals surface area contributed by atoms with E-state index in [2.05, 4.69) is 0 Å². The van der Waals surface area contributed by atoms with Gasteiger partial charge in [0.1, 0.15) is 5.75 Å². The summed E-state index contributed by atoms with van der Waals surface area (Å²) in [6, 6.07) is 4.36. The number of hydrogen-bond acceptors (Lipinski definition) is 4. The molecule has 15 heavy (non-hydrogen) atoms. The summed E-state index contributed by atoms with van der Waals surface area (Å²) in [7, 11) is 0. The molecular weight excluding hydrogens is 220 g/mol. The summed E-state index contributed by atoms with van der Waals surface area (Å²) >= 11 is 0. The summed E-state index contributed by atoms with van der Waals surface area (Å²) in [6.45, 7) is 0.575. The molecule has 0 fully saturated rings. The molecule has 1 aromatic rings. The lowest BCUT2D eigenvalue weighted by atomic mass is 10.0. The monoisotopic (exact) mass is 230 g/mol.